The number of quaternary nitrogens is 1. The second-order valence-electron chi connectivity index (χ2n) is 7.34. The average Bonchev–Trinajstić information content (AvgIpc) is 3.22. The van der Waals surface area contributed by atoms with Crippen LogP contribution in [0.25, 0.3) is 0 Å². The van der Waals surface area contributed by atoms with E-state index >= 15 is 0 Å². The summed E-state index contributed by atoms with van der Waals surface area (Å²) >= 11 is 0. The molecule has 7 nitrogen and oxygen atoms in total. The van der Waals surface area contributed by atoms with E-state index in [4.69, 9.17) is 4.74 Å². The number of hydrogen-bond donors (Lipinski definition) is 1. The van der Waals surface area contributed by atoms with Crippen LogP contribution < -0.4 is 4.90 Å². The molecule has 0 bridgehead atoms. The number of carbonyl (C=O) groups is 1. The first-order valence-corrected chi connectivity index (χ1v) is 11.3. The number of hydrogen-bond acceptors (Lipinski definition) is 4. The van der Waals surface area contributed by atoms with Crippen molar-refractivity contribution in [1.82, 2.24) is 9.21 Å². The summed E-state index contributed by atoms with van der Waals surface area (Å²) in [7, 11) is -3.72. The quantitative estimate of drug-likeness (QED) is 0.753. The molecule has 2 aromatic carbocycles. The number of benzene rings is 2. The van der Waals surface area contributed by atoms with Gasteiger partial charge in [0.25, 0.3) is 5.91 Å². The highest BCUT2D eigenvalue weighted by Gasteiger charge is 2.43. The molecule has 1 amide bonds. The van der Waals surface area contributed by atoms with Crippen molar-refractivity contribution >= 4 is 15.9 Å². The minimum Gasteiger partial charge on any atom is -0.370 e. The van der Waals surface area contributed by atoms with E-state index in [2.05, 4.69) is 0 Å². The molecule has 2 aliphatic heterocycles. The van der Waals surface area contributed by atoms with Crippen molar-refractivity contribution in [3.63, 3.8) is 0 Å². The van der Waals surface area contributed by atoms with Gasteiger partial charge in [0.05, 0.1) is 18.1 Å². The van der Waals surface area contributed by atoms with E-state index in [1.165, 1.54) is 9.21 Å². The third kappa shape index (κ3) is 4.20. The second-order valence-corrected chi connectivity index (χ2v) is 9.23. The van der Waals surface area contributed by atoms with Crippen LogP contribution in [-0.2, 0) is 19.6 Å². The molecule has 154 valence electrons. The summed E-state index contributed by atoms with van der Waals surface area (Å²) in [5.41, 5.74) is 0.801. The lowest BCUT2D eigenvalue weighted by Gasteiger charge is -2.31. The van der Waals surface area contributed by atoms with Crippen molar-refractivity contribution in [3.8, 4) is 0 Å². The van der Waals surface area contributed by atoms with Gasteiger partial charge in [0.2, 0.25) is 10.0 Å². The summed E-state index contributed by atoms with van der Waals surface area (Å²) in [6, 6.07) is 17.8. The Balaban J connectivity index is 1.63. The van der Waals surface area contributed by atoms with Gasteiger partial charge in [0.1, 0.15) is 19.3 Å². The van der Waals surface area contributed by atoms with Gasteiger partial charge < -0.3 is 14.5 Å². The molecule has 0 saturated carbocycles. The Bertz CT molecular complexity index is 931. The predicted molar refractivity (Wildman–Crippen MR) is 108 cm³/mol. The highest BCUT2D eigenvalue weighted by Crippen LogP contribution is 2.34. The number of carbonyl (C=O) groups excluding carboxylic acids is 1. The fourth-order valence-electron chi connectivity index (χ4n) is 3.97. The van der Waals surface area contributed by atoms with E-state index in [1.54, 1.807) is 35.2 Å². The smallest absolute Gasteiger partial charge is 0.279 e. The van der Waals surface area contributed by atoms with E-state index in [9.17, 15) is 13.2 Å². The van der Waals surface area contributed by atoms with Gasteiger partial charge in [-0.1, -0.05) is 48.5 Å². The fourth-order valence-corrected chi connectivity index (χ4v) is 5.56. The standard InChI is InChI=1S/C21H25N3O4S/c25-20(17-22-13-15-28-16-14-22)23-11-12-24(21(23)18-7-3-1-4-8-18)29(26,27)19-9-5-2-6-10-19/h1-10,21H,11-17H2/p+1/t21-/m1/s1. The molecule has 2 fully saturated rings. The molecule has 2 heterocycles. The Hall–Kier alpha value is -2.26. The first kappa shape index (κ1) is 20.0. The van der Waals surface area contributed by atoms with Crippen LogP contribution in [0.15, 0.2) is 65.6 Å². The van der Waals surface area contributed by atoms with Gasteiger partial charge >= 0.3 is 0 Å². The maximum absolute atomic E-state index is 13.3. The SMILES string of the molecule is O=C(C[NH+]1CCOCC1)N1CCN(S(=O)(=O)c2ccccc2)[C@@H]1c1ccccc1. The predicted octanol–water partition coefficient (Wildman–Crippen LogP) is 0.133. The minimum absolute atomic E-state index is 0.0264. The molecule has 0 aliphatic carbocycles. The first-order valence-electron chi connectivity index (χ1n) is 9.90. The first-order chi connectivity index (χ1) is 14.1. The third-order valence-corrected chi connectivity index (χ3v) is 7.37. The van der Waals surface area contributed by atoms with Crippen LogP contribution in [-0.4, -0.2) is 69.5 Å². The van der Waals surface area contributed by atoms with Gasteiger partial charge in [-0.2, -0.15) is 4.31 Å². The van der Waals surface area contributed by atoms with E-state index in [0.717, 1.165) is 18.7 Å². The monoisotopic (exact) mass is 416 g/mol. The van der Waals surface area contributed by atoms with Gasteiger partial charge in [-0.15, -0.1) is 0 Å². The molecular weight excluding hydrogens is 390 g/mol. The van der Waals surface area contributed by atoms with Crippen molar-refractivity contribution in [1.29, 1.82) is 0 Å². The number of amides is 1. The van der Waals surface area contributed by atoms with Crippen LogP contribution in [0.1, 0.15) is 11.7 Å². The molecule has 1 N–H and O–H groups in total. The second kappa shape index (κ2) is 8.62. The van der Waals surface area contributed by atoms with E-state index in [1.807, 2.05) is 30.3 Å². The molecular formula is C21H26N3O4S+. The molecule has 2 aromatic rings. The lowest BCUT2D eigenvalue weighted by Crippen LogP contribution is -3.15. The van der Waals surface area contributed by atoms with Crippen LogP contribution in [0, 0.1) is 0 Å². The molecule has 2 saturated heterocycles. The van der Waals surface area contributed by atoms with Crippen LogP contribution >= 0.6 is 0 Å². The van der Waals surface area contributed by atoms with Crippen molar-refractivity contribution in [2.24, 2.45) is 0 Å². The van der Waals surface area contributed by atoms with Crippen molar-refractivity contribution < 1.29 is 22.8 Å². The number of ether oxygens (including phenoxy) is 1. The van der Waals surface area contributed by atoms with E-state index in [0.29, 0.717) is 26.3 Å². The number of rotatable bonds is 5. The Morgan fingerprint density at radius 2 is 1.59 bits per heavy atom. The number of morpholine rings is 1. The Kier molecular flexibility index (Phi) is 5.96. The zero-order valence-corrected chi connectivity index (χ0v) is 17.1. The third-order valence-electron chi connectivity index (χ3n) is 5.50. The van der Waals surface area contributed by atoms with Crippen LogP contribution in [0.4, 0.5) is 0 Å². The van der Waals surface area contributed by atoms with Crippen LogP contribution in [0.2, 0.25) is 0 Å². The lowest BCUT2D eigenvalue weighted by molar-refractivity contribution is -0.900. The highest BCUT2D eigenvalue weighted by atomic mass is 32.2. The van der Waals surface area contributed by atoms with E-state index < -0.39 is 16.2 Å². The van der Waals surface area contributed by atoms with Gasteiger partial charge in [-0.3, -0.25) is 4.79 Å². The van der Waals surface area contributed by atoms with Crippen molar-refractivity contribution in [3.05, 3.63) is 66.2 Å². The number of nitrogens with one attached hydrogen (secondary N) is 1. The lowest BCUT2D eigenvalue weighted by atomic mass is 10.1. The summed E-state index contributed by atoms with van der Waals surface area (Å²) in [6.07, 6.45) is -0.630. The summed E-state index contributed by atoms with van der Waals surface area (Å²) in [6.45, 7) is 3.91. The summed E-state index contributed by atoms with van der Waals surface area (Å²) in [5, 5.41) is 0. The largest absolute Gasteiger partial charge is 0.370 e. The zero-order valence-electron chi connectivity index (χ0n) is 16.2. The number of sulfonamides is 1. The molecule has 8 heteroatoms. The average molecular weight is 417 g/mol. The summed E-state index contributed by atoms with van der Waals surface area (Å²) in [4.78, 5) is 16.3. The maximum Gasteiger partial charge on any atom is 0.279 e. The van der Waals surface area contributed by atoms with Gasteiger partial charge in [-0.25, -0.2) is 8.42 Å². The van der Waals surface area contributed by atoms with Crippen molar-refractivity contribution in [2.75, 3.05) is 45.9 Å². The molecule has 4 rings (SSSR count). The molecule has 0 radical (unpaired) electrons. The Morgan fingerprint density at radius 1 is 0.966 bits per heavy atom. The summed E-state index contributed by atoms with van der Waals surface area (Å²) < 4.78 is 33.5. The minimum atomic E-state index is -3.72. The zero-order chi connectivity index (χ0) is 20.3. The molecule has 0 unspecified atom stereocenters. The molecule has 29 heavy (non-hydrogen) atoms. The van der Waals surface area contributed by atoms with E-state index in [-0.39, 0.29) is 17.3 Å². The maximum atomic E-state index is 13.3. The Labute approximate surface area is 171 Å². The summed E-state index contributed by atoms with van der Waals surface area (Å²) in [5.74, 6) is -0.0264. The highest BCUT2D eigenvalue weighted by molar-refractivity contribution is 7.89. The van der Waals surface area contributed by atoms with Gasteiger partial charge in [0, 0.05) is 13.1 Å². The van der Waals surface area contributed by atoms with Crippen LogP contribution in [0.5, 0.6) is 0 Å². The van der Waals surface area contributed by atoms with Gasteiger partial charge in [0.15, 0.2) is 6.54 Å². The van der Waals surface area contributed by atoms with Gasteiger partial charge in [-0.05, 0) is 17.7 Å². The van der Waals surface area contributed by atoms with Crippen LogP contribution in [0.3, 0.4) is 0 Å². The topological polar surface area (TPSA) is 71.4 Å². The fraction of sp³-hybridized carbons (Fsp3) is 0.381. The normalized spacial score (nSPS) is 21.4. The van der Waals surface area contributed by atoms with Crippen molar-refractivity contribution in [2.45, 2.75) is 11.1 Å². The Morgan fingerprint density at radius 3 is 2.24 bits per heavy atom. The number of nitrogens with zero attached hydrogens (tertiary/aromatic N) is 2. The molecule has 1 atom stereocenters. The molecule has 0 aromatic heterocycles. The molecule has 0 spiro atoms. The molecule has 2 aliphatic rings.